The molecule has 2 aliphatic rings. The normalized spacial score (nSPS) is 25.3. The highest BCUT2D eigenvalue weighted by Crippen LogP contribution is 2.58. The third-order valence-electron chi connectivity index (χ3n) is 7.79. The lowest BCUT2D eigenvalue weighted by atomic mass is 9.79. The van der Waals surface area contributed by atoms with Crippen molar-refractivity contribution in [3.63, 3.8) is 0 Å². The van der Waals surface area contributed by atoms with Gasteiger partial charge >= 0.3 is 11.9 Å². The predicted octanol–water partition coefficient (Wildman–Crippen LogP) is 5.48. The van der Waals surface area contributed by atoms with Crippen LogP contribution in [0.2, 0.25) is 0 Å². The fourth-order valence-corrected chi connectivity index (χ4v) is 6.98. The number of aromatic amines is 1. The van der Waals surface area contributed by atoms with Crippen molar-refractivity contribution in [3.05, 3.63) is 105 Å². The van der Waals surface area contributed by atoms with Gasteiger partial charge in [-0.05, 0) is 63.9 Å². The number of hydrogen-bond acceptors (Lipinski definition) is 4. The van der Waals surface area contributed by atoms with Gasteiger partial charge in [-0.3, -0.25) is 14.5 Å². The number of para-hydroxylation sites is 1. The van der Waals surface area contributed by atoms with Gasteiger partial charge in [0.2, 0.25) is 0 Å². The number of aliphatic carboxylic acids is 1. The third-order valence-corrected chi connectivity index (χ3v) is 8.46. The number of hydrogen-bond donors (Lipinski definition) is 2. The number of esters is 1. The minimum Gasteiger partial charge on any atom is -0.481 e. The molecule has 1 aromatic heterocycles. The summed E-state index contributed by atoms with van der Waals surface area (Å²) in [5, 5.41) is 11.5. The van der Waals surface area contributed by atoms with Crippen LogP contribution >= 0.6 is 22.6 Å². The Morgan fingerprint density at radius 3 is 2.47 bits per heavy atom. The predicted molar refractivity (Wildman–Crippen MR) is 145 cm³/mol. The van der Waals surface area contributed by atoms with Gasteiger partial charge in [0, 0.05) is 26.6 Å². The van der Waals surface area contributed by atoms with Crippen LogP contribution in [-0.4, -0.2) is 39.6 Å². The van der Waals surface area contributed by atoms with E-state index in [1.165, 1.54) is 7.11 Å². The second kappa shape index (κ2) is 8.74. The van der Waals surface area contributed by atoms with E-state index in [0.717, 1.165) is 36.9 Å². The molecule has 182 valence electrons. The van der Waals surface area contributed by atoms with Gasteiger partial charge in [-0.2, -0.15) is 0 Å². The van der Waals surface area contributed by atoms with Crippen LogP contribution in [0.1, 0.15) is 40.9 Å². The maximum absolute atomic E-state index is 13.8. The van der Waals surface area contributed by atoms with Crippen LogP contribution in [0.15, 0.2) is 78.9 Å². The van der Waals surface area contributed by atoms with Crippen LogP contribution in [0, 0.1) is 9.49 Å². The van der Waals surface area contributed by atoms with Crippen molar-refractivity contribution in [2.24, 2.45) is 5.92 Å². The van der Waals surface area contributed by atoms with Gasteiger partial charge in [-0.1, -0.05) is 60.7 Å². The fourth-order valence-electron chi connectivity index (χ4n) is 6.41. The fraction of sp³-hybridized carbons (Fsp3) is 0.241. The monoisotopic (exact) mass is 592 g/mol. The van der Waals surface area contributed by atoms with Crippen LogP contribution in [-0.2, 0) is 20.7 Å². The van der Waals surface area contributed by atoms with E-state index in [-0.39, 0.29) is 12.5 Å². The SMILES string of the molecule is COC(=O)[C@]12Cc3c([nH]c4ccccc34)[C@H](c3cccc(I)c3)N1[C@H](c1ccccc1)[C@@H](C(=O)O)C2. The summed E-state index contributed by atoms with van der Waals surface area (Å²) in [6.07, 6.45) is 0.556. The van der Waals surface area contributed by atoms with Crippen molar-refractivity contribution in [2.75, 3.05) is 7.11 Å². The first-order valence-corrected chi connectivity index (χ1v) is 13.0. The number of H-pyrrole nitrogens is 1. The number of rotatable bonds is 4. The molecule has 0 spiro atoms. The zero-order valence-electron chi connectivity index (χ0n) is 19.6. The smallest absolute Gasteiger partial charge is 0.326 e. The number of nitrogens with zero attached hydrogens (tertiary/aromatic N) is 1. The second-order valence-corrected chi connectivity index (χ2v) is 10.9. The lowest BCUT2D eigenvalue weighted by molar-refractivity contribution is -0.156. The van der Waals surface area contributed by atoms with E-state index in [1.807, 2.05) is 60.7 Å². The lowest BCUT2D eigenvalue weighted by Gasteiger charge is -2.47. The molecule has 0 radical (unpaired) electrons. The van der Waals surface area contributed by atoms with Crippen molar-refractivity contribution in [1.29, 1.82) is 0 Å². The summed E-state index contributed by atoms with van der Waals surface area (Å²) < 4.78 is 6.50. The van der Waals surface area contributed by atoms with Gasteiger partial charge in [0.25, 0.3) is 0 Å². The number of nitrogens with one attached hydrogen (secondary N) is 1. The van der Waals surface area contributed by atoms with E-state index in [1.54, 1.807) is 0 Å². The molecular weight excluding hydrogens is 567 g/mol. The topological polar surface area (TPSA) is 82.6 Å². The Hall–Kier alpha value is -3.17. The number of carbonyl (C=O) groups excluding carboxylic acids is 1. The first kappa shape index (κ1) is 23.2. The van der Waals surface area contributed by atoms with Crippen molar-refractivity contribution < 1.29 is 19.4 Å². The summed E-state index contributed by atoms with van der Waals surface area (Å²) in [6, 6.07) is 25.1. The van der Waals surface area contributed by atoms with E-state index in [0.29, 0.717) is 6.42 Å². The lowest BCUT2D eigenvalue weighted by Crippen LogP contribution is -2.57. The van der Waals surface area contributed by atoms with Gasteiger partial charge < -0.3 is 14.8 Å². The molecule has 0 bridgehead atoms. The molecule has 0 aliphatic carbocycles. The average molecular weight is 592 g/mol. The molecule has 0 saturated carbocycles. The van der Waals surface area contributed by atoms with Crippen molar-refractivity contribution in [3.8, 4) is 0 Å². The summed E-state index contributed by atoms with van der Waals surface area (Å²) in [5.74, 6) is -2.07. The van der Waals surface area contributed by atoms with Crippen LogP contribution in [0.5, 0.6) is 0 Å². The molecule has 1 fully saturated rings. The van der Waals surface area contributed by atoms with Gasteiger partial charge in [-0.15, -0.1) is 0 Å². The molecule has 2 N–H and O–H groups in total. The van der Waals surface area contributed by atoms with E-state index in [4.69, 9.17) is 4.74 Å². The van der Waals surface area contributed by atoms with Gasteiger partial charge in [-0.25, -0.2) is 0 Å². The minimum absolute atomic E-state index is 0.175. The highest BCUT2D eigenvalue weighted by molar-refractivity contribution is 14.1. The number of carboxylic acid groups (broad SMARTS) is 1. The number of carboxylic acids is 1. The molecule has 3 aromatic carbocycles. The Morgan fingerprint density at radius 1 is 1.03 bits per heavy atom. The number of carbonyl (C=O) groups is 2. The van der Waals surface area contributed by atoms with E-state index < -0.39 is 29.4 Å². The molecule has 4 atom stereocenters. The highest BCUT2D eigenvalue weighted by atomic mass is 127. The number of halogens is 1. The van der Waals surface area contributed by atoms with Crippen LogP contribution in [0.3, 0.4) is 0 Å². The largest absolute Gasteiger partial charge is 0.481 e. The number of fused-ring (bicyclic) bond motifs is 4. The van der Waals surface area contributed by atoms with Crippen LogP contribution < -0.4 is 0 Å². The molecule has 6 rings (SSSR count). The minimum atomic E-state index is -1.12. The first-order chi connectivity index (χ1) is 17.4. The Balaban J connectivity index is 1.69. The van der Waals surface area contributed by atoms with Crippen molar-refractivity contribution in [2.45, 2.75) is 30.5 Å². The molecule has 0 amide bonds. The summed E-state index contributed by atoms with van der Waals surface area (Å²) >= 11 is 2.30. The Morgan fingerprint density at radius 2 is 1.75 bits per heavy atom. The Kier molecular flexibility index (Phi) is 5.64. The van der Waals surface area contributed by atoms with Gasteiger partial charge in [0.05, 0.1) is 25.1 Å². The maximum Gasteiger partial charge on any atom is 0.326 e. The summed E-state index contributed by atoms with van der Waals surface area (Å²) in [5.41, 5.74) is 3.83. The van der Waals surface area contributed by atoms with Crippen LogP contribution in [0.4, 0.5) is 0 Å². The van der Waals surface area contributed by atoms with Gasteiger partial charge in [0.15, 0.2) is 0 Å². The molecular formula is C29H25IN2O4. The zero-order valence-corrected chi connectivity index (χ0v) is 21.8. The number of benzene rings is 3. The summed E-state index contributed by atoms with van der Waals surface area (Å²) in [7, 11) is 1.39. The van der Waals surface area contributed by atoms with E-state index >= 15 is 0 Å². The zero-order chi connectivity index (χ0) is 25.0. The molecule has 6 nitrogen and oxygen atoms in total. The number of methoxy groups -OCH3 is 1. The van der Waals surface area contributed by atoms with Crippen LogP contribution in [0.25, 0.3) is 10.9 Å². The number of aromatic nitrogens is 1. The van der Waals surface area contributed by atoms with Crippen molar-refractivity contribution >= 4 is 45.4 Å². The highest BCUT2D eigenvalue weighted by Gasteiger charge is 2.64. The maximum atomic E-state index is 13.8. The van der Waals surface area contributed by atoms with Crippen molar-refractivity contribution in [1.82, 2.24) is 9.88 Å². The van der Waals surface area contributed by atoms with Gasteiger partial charge in [0.1, 0.15) is 5.54 Å². The third kappa shape index (κ3) is 3.40. The van der Waals surface area contributed by atoms with E-state index in [2.05, 4.69) is 50.7 Å². The Bertz CT molecular complexity index is 1480. The number of ether oxygens (including phenoxy) is 1. The molecule has 3 heterocycles. The molecule has 4 aromatic rings. The summed E-state index contributed by atoms with van der Waals surface area (Å²) in [6.45, 7) is 0. The molecule has 1 saturated heterocycles. The summed E-state index contributed by atoms with van der Waals surface area (Å²) in [4.78, 5) is 32.3. The average Bonchev–Trinajstić information content (AvgIpc) is 3.44. The standard InChI is InChI=1S/C29H25IN2O4/c1-36-28(35)29-15-21-20-12-5-6-13-23(20)31-24(21)26(18-10-7-11-19(30)14-18)32(29)25(22(16-29)27(33)34)17-8-3-2-4-9-17/h2-14,22,25-26,31H,15-16H2,1H3,(H,33,34)/t22-,25+,26-,29+/m0/s1. The molecule has 36 heavy (non-hydrogen) atoms. The van der Waals surface area contributed by atoms with E-state index in [9.17, 15) is 14.7 Å². The molecule has 0 unspecified atom stereocenters. The molecule has 7 heteroatoms. The quantitative estimate of drug-likeness (QED) is 0.243. The molecule has 2 aliphatic heterocycles. The Labute approximate surface area is 222 Å². The first-order valence-electron chi connectivity index (χ1n) is 11.9. The second-order valence-electron chi connectivity index (χ2n) is 9.63.